The predicted octanol–water partition coefficient (Wildman–Crippen LogP) is 3.35. The van der Waals surface area contributed by atoms with Crippen molar-refractivity contribution in [1.82, 2.24) is 15.3 Å². The highest BCUT2D eigenvalue weighted by Gasteiger charge is 2.29. The quantitative estimate of drug-likeness (QED) is 0.859. The zero-order valence-corrected chi connectivity index (χ0v) is 12.0. The van der Waals surface area contributed by atoms with E-state index >= 15 is 0 Å². The van der Waals surface area contributed by atoms with Gasteiger partial charge in [-0.15, -0.1) is 0 Å². The van der Waals surface area contributed by atoms with Crippen molar-refractivity contribution in [2.24, 2.45) is 17.3 Å². The third-order valence-corrected chi connectivity index (χ3v) is 4.35. The van der Waals surface area contributed by atoms with Crippen molar-refractivity contribution in [2.75, 3.05) is 6.54 Å². The third-order valence-electron chi connectivity index (χ3n) is 4.35. The van der Waals surface area contributed by atoms with Crippen LogP contribution in [0.3, 0.4) is 0 Å². The summed E-state index contributed by atoms with van der Waals surface area (Å²) in [7, 11) is 0. The number of H-pyrrole nitrogens is 1. The number of nitrogens with zero attached hydrogens (tertiary/aromatic N) is 1. The molecule has 1 fully saturated rings. The molecule has 0 aromatic carbocycles. The molecule has 1 aliphatic carbocycles. The second-order valence-electron chi connectivity index (χ2n) is 6.75. The number of aromatic amines is 1. The molecule has 0 bridgehead atoms. The van der Waals surface area contributed by atoms with Gasteiger partial charge in [-0.2, -0.15) is 0 Å². The number of imidazole rings is 1. The molecule has 1 aliphatic rings. The van der Waals surface area contributed by atoms with Gasteiger partial charge >= 0.3 is 0 Å². The van der Waals surface area contributed by atoms with Crippen molar-refractivity contribution in [3.8, 4) is 0 Å². The van der Waals surface area contributed by atoms with E-state index in [1.807, 2.05) is 12.4 Å². The van der Waals surface area contributed by atoms with E-state index in [9.17, 15) is 0 Å². The molecule has 1 saturated carbocycles. The normalized spacial score (nSPS) is 25.3. The molecule has 1 heterocycles. The van der Waals surface area contributed by atoms with Gasteiger partial charge in [-0.25, -0.2) is 4.98 Å². The molecular formula is C15H27N3. The van der Waals surface area contributed by atoms with Crippen LogP contribution in [0.4, 0.5) is 0 Å². The first kappa shape index (κ1) is 13.6. The van der Waals surface area contributed by atoms with E-state index < -0.39 is 0 Å². The lowest BCUT2D eigenvalue weighted by Crippen LogP contribution is -2.30. The topological polar surface area (TPSA) is 40.7 Å². The van der Waals surface area contributed by atoms with Crippen molar-refractivity contribution in [2.45, 2.75) is 53.0 Å². The molecule has 18 heavy (non-hydrogen) atoms. The van der Waals surface area contributed by atoms with Gasteiger partial charge in [0.25, 0.3) is 0 Å². The summed E-state index contributed by atoms with van der Waals surface area (Å²) in [5.74, 6) is 2.82. The van der Waals surface area contributed by atoms with Crippen LogP contribution in [0.2, 0.25) is 0 Å². The van der Waals surface area contributed by atoms with E-state index in [1.54, 1.807) is 0 Å². The Labute approximate surface area is 111 Å². The van der Waals surface area contributed by atoms with Crippen molar-refractivity contribution < 1.29 is 0 Å². The highest BCUT2D eigenvalue weighted by atomic mass is 15.0. The molecule has 102 valence electrons. The molecule has 0 saturated heterocycles. The molecule has 3 heteroatoms. The fraction of sp³-hybridized carbons (Fsp3) is 0.800. The minimum Gasteiger partial charge on any atom is -0.348 e. The Kier molecular flexibility index (Phi) is 4.44. The first-order valence-electron chi connectivity index (χ1n) is 7.24. The summed E-state index contributed by atoms with van der Waals surface area (Å²) < 4.78 is 0. The van der Waals surface area contributed by atoms with Gasteiger partial charge in [0, 0.05) is 12.4 Å². The molecule has 2 rings (SSSR count). The molecule has 0 atom stereocenters. The zero-order valence-electron chi connectivity index (χ0n) is 12.0. The molecule has 0 amide bonds. The molecule has 1 aromatic rings. The Morgan fingerprint density at radius 3 is 2.56 bits per heavy atom. The maximum atomic E-state index is 4.23. The molecule has 0 radical (unpaired) electrons. The second kappa shape index (κ2) is 5.87. The fourth-order valence-corrected chi connectivity index (χ4v) is 3.02. The lowest BCUT2D eigenvalue weighted by Gasteiger charge is -2.37. The molecule has 3 nitrogen and oxygen atoms in total. The van der Waals surface area contributed by atoms with Crippen LogP contribution in [0, 0.1) is 17.3 Å². The zero-order chi connectivity index (χ0) is 13.0. The van der Waals surface area contributed by atoms with E-state index in [-0.39, 0.29) is 0 Å². The number of hydrogen-bond acceptors (Lipinski definition) is 2. The van der Waals surface area contributed by atoms with Crippen molar-refractivity contribution in [3.05, 3.63) is 18.2 Å². The average molecular weight is 249 g/mol. The molecule has 0 unspecified atom stereocenters. The van der Waals surface area contributed by atoms with E-state index in [0.717, 1.165) is 30.7 Å². The Hall–Kier alpha value is -0.830. The molecule has 0 aliphatic heterocycles. The highest BCUT2D eigenvalue weighted by molar-refractivity contribution is 4.86. The molecule has 1 aromatic heterocycles. The Balaban J connectivity index is 1.65. The van der Waals surface area contributed by atoms with Crippen LogP contribution in [0.25, 0.3) is 0 Å². The first-order valence-corrected chi connectivity index (χ1v) is 7.24. The number of aromatic nitrogens is 2. The van der Waals surface area contributed by atoms with Crippen molar-refractivity contribution in [1.29, 1.82) is 0 Å². The van der Waals surface area contributed by atoms with Crippen LogP contribution in [0.1, 0.15) is 52.3 Å². The lowest BCUT2D eigenvalue weighted by molar-refractivity contribution is 0.149. The monoisotopic (exact) mass is 249 g/mol. The summed E-state index contributed by atoms with van der Waals surface area (Å²) in [6, 6.07) is 0. The fourth-order valence-electron chi connectivity index (χ4n) is 3.02. The van der Waals surface area contributed by atoms with E-state index in [1.165, 1.54) is 25.7 Å². The van der Waals surface area contributed by atoms with E-state index in [4.69, 9.17) is 0 Å². The number of nitrogens with one attached hydrogen (secondary N) is 2. The van der Waals surface area contributed by atoms with Gasteiger partial charge in [0.15, 0.2) is 0 Å². The Morgan fingerprint density at radius 2 is 2.00 bits per heavy atom. The standard InChI is InChI=1S/C15H27N3/c1-15(2,3)13-6-4-12(5-7-13)10-16-11-14-17-8-9-18-14/h8-9,12-13,16H,4-7,10-11H2,1-3H3,(H,17,18). The van der Waals surface area contributed by atoms with Crippen LogP contribution in [-0.2, 0) is 6.54 Å². The average Bonchev–Trinajstić information content (AvgIpc) is 2.82. The van der Waals surface area contributed by atoms with E-state index in [0.29, 0.717) is 5.41 Å². The van der Waals surface area contributed by atoms with Gasteiger partial charge in [0.05, 0.1) is 6.54 Å². The van der Waals surface area contributed by atoms with Gasteiger partial charge < -0.3 is 10.3 Å². The maximum absolute atomic E-state index is 4.23. The summed E-state index contributed by atoms with van der Waals surface area (Å²) in [5, 5.41) is 3.52. The number of hydrogen-bond donors (Lipinski definition) is 2. The second-order valence-corrected chi connectivity index (χ2v) is 6.75. The first-order chi connectivity index (χ1) is 8.55. The third kappa shape index (κ3) is 3.84. The molecule has 2 N–H and O–H groups in total. The smallest absolute Gasteiger partial charge is 0.120 e. The van der Waals surface area contributed by atoms with E-state index in [2.05, 4.69) is 36.1 Å². The summed E-state index contributed by atoms with van der Waals surface area (Å²) in [6.07, 6.45) is 9.25. The van der Waals surface area contributed by atoms with Crippen LogP contribution in [0.5, 0.6) is 0 Å². The molecular weight excluding hydrogens is 222 g/mol. The minimum atomic E-state index is 0.493. The van der Waals surface area contributed by atoms with Crippen LogP contribution >= 0.6 is 0 Å². The van der Waals surface area contributed by atoms with Gasteiger partial charge in [-0.1, -0.05) is 20.8 Å². The van der Waals surface area contributed by atoms with Crippen molar-refractivity contribution >= 4 is 0 Å². The van der Waals surface area contributed by atoms with Crippen molar-refractivity contribution in [3.63, 3.8) is 0 Å². The minimum absolute atomic E-state index is 0.493. The number of rotatable bonds is 4. The SMILES string of the molecule is CC(C)(C)C1CCC(CNCc2ncc[nH]2)CC1. The molecule has 0 spiro atoms. The van der Waals surface area contributed by atoms with Gasteiger partial charge in [0.2, 0.25) is 0 Å². The highest BCUT2D eigenvalue weighted by Crippen LogP contribution is 2.39. The van der Waals surface area contributed by atoms with Gasteiger partial charge in [0.1, 0.15) is 5.82 Å². The Bertz CT molecular complexity index is 329. The van der Waals surface area contributed by atoms with Crippen LogP contribution < -0.4 is 5.32 Å². The maximum Gasteiger partial charge on any atom is 0.120 e. The van der Waals surface area contributed by atoms with Gasteiger partial charge in [-0.05, 0) is 49.5 Å². The predicted molar refractivity (Wildman–Crippen MR) is 75.2 cm³/mol. The Morgan fingerprint density at radius 1 is 1.28 bits per heavy atom. The summed E-state index contributed by atoms with van der Waals surface area (Å²) in [4.78, 5) is 7.35. The summed E-state index contributed by atoms with van der Waals surface area (Å²) in [6.45, 7) is 9.15. The largest absolute Gasteiger partial charge is 0.348 e. The lowest BCUT2D eigenvalue weighted by atomic mass is 9.70. The van der Waals surface area contributed by atoms with Crippen LogP contribution in [-0.4, -0.2) is 16.5 Å². The van der Waals surface area contributed by atoms with Crippen LogP contribution in [0.15, 0.2) is 12.4 Å². The van der Waals surface area contributed by atoms with Gasteiger partial charge in [-0.3, -0.25) is 0 Å². The summed E-state index contributed by atoms with van der Waals surface area (Å²) >= 11 is 0. The summed E-state index contributed by atoms with van der Waals surface area (Å²) in [5.41, 5.74) is 0.493.